The van der Waals surface area contributed by atoms with E-state index in [0.717, 1.165) is 6.26 Å². The molecule has 10 heavy (non-hydrogen) atoms. The first-order valence-electron chi connectivity index (χ1n) is 3.07. The lowest BCUT2D eigenvalue weighted by atomic mass is 10.4. The van der Waals surface area contributed by atoms with Crippen LogP contribution < -0.4 is 0 Å². The van der Waals surface area contributed by atoms with Crippen molar-refractivity contribution in [3.05, 3.63) is 12.8 Å². The lowest BCUT2D eigenvalue weighted by Crippen LogP contribution is -2.17. The summed E-state index contributed by atoms with van der Waals surface area (Å²) < 4.78 is 26.1. The van der Waals surface area contributed by atoms with Crippen molar-refractivity contribution in [3.8, 4) is 0 Å². The molecular weight excluding hydrogens is 152 g/mol. The quantitative estimate of drug-likeness (QED) is 0.464. The highest BCUT2D eigenvalue weighted by Gasteiger charge is 2.18. The van der Waals surface area contributed by atoms with Gasteiger partial charge in [-0.2, -0.15) is 8.42 Å². The first-order valence-corrected chi connectivity index (χ1v) is 4.54. The van der Waals surface area contributed by atoms with Crippen LogP contribution in [0.2, 0.25) is 0 Å². The summed E-state index contributed by atoms with van der Waals surface area (Å²) in [4.78, 5) is 0. The molecule has 0 N–H and O–H groups in total. The number of hydrogen-bond acceptors (Lipinski definition) is 3. The zero-order chi connectivity index (χ0) is 8.20. The highest BCUT2D eigenvalue weighted by atomic mass is 32.2. The molecule has 0 fully saturated rings. The molecule has 0 saturated heterocycles. The summed E-state index contributed by atoms with van der Waals surface area (Å²) in [5.41, 5.74) is 0. The van der Waals surface area contributed by atoms with Crippen molar-refractivity contribution >= 4 is 10.1 Å². The zero-order valence-corrected chi connectivity index (χ0v) is 7.02. The minimum Gasteiger partial charge on any atom is -0.391 e. The van der Waals surface area contributed by atoms with Crippen LogP contribution in [0.25, 0.3) is 0 Å². The van der Waals surface area contributed by atoms with Gasteiger partial charge in [0.1, 0.15) is 0 Å². The van der Waals surface area contributed by atoms with Crippen LogP contribution in [0.1, 0.15) is 20.3 Å². The smallest absolute Gasteiger partial charge is 0.311 e. The van der Waals surface area contributed by atoms with E-state index in [0.29, 0.717) is 6.42 Å². The number of rotatable bonds is 4. The van der Waals surface area contributed by atoms with Gasteiger partial charge in [-0.25, -0.2) is 0 Å². The van der Waals surface area contributed by atoms with Gasteiger partial charge in [0, 0.05) is 0 Å². The summed E-state index contributed by atoms with van der Waals surface area (Å²) in [6, 6.07) is 0. The molecule has 0 bridgehead atoms. The third-order valence-corrected chi connectivity index (χ3v) is 2.99. The van der Waals surface area contributed by atoms with E-state index in [1.165, 1.54) is 0 Å². The van der Waals surface area contributed by atoms with Gasteiger partial charge < -0.3 is 4.18 Å². The van der Waals surface area contributed by atoms with Crippen LogP contribution in [-0.4, -0.2) is 13.7 Å². The largest absolute Gasteiger partial charge is 0.391 e. The monoisotopic (exact) mass is 164 g/mol. The lowest BCUT2D eigenvalue weighted by molar-refractivity contribution is 0.432. The van der Waals surface area contributed by atoms with Crippen LogP contribution >= 0.6 is 0 Å². The van der Waals surface area contributed by atoms with E-state index in [-0.39, 0.29) is 0 Å². The van der Waals surface area contributed by atoms with Gasteiger partial charge in [0.05, 0.1) is 11.5 Å². The molecule has 0 radical (unpaired) electrons. The fourth-order valence-electron chi connectivity index (χ4n) is 0.394. The van der Waals surface area contributed by atoms with Crippen LogP contribution in [0.4, 0.5) is 0 Å². The van der Waals surface area contributed by atoms with Gasteiger partial charge in [-0.3, -0.25) is 0 Å². The van der Waals surface area contributed by atoms with E-state index in [4.69, 9.17) is 0 Å². The van der Waals surface area contributed by atoms with Crippen molar-refractivity contribution in [1.29, 1.82) is 0 Å². The molecular formula is C6H12O3S. The summed E-state index contributed by atoms with van der Waals surface area (Å²) in [6.07, 6.45) is 1.48. The Bertz CT molecular complexity index is 193. The van der Waals surface area contributed by atoms with Gasteiger partial charge >= 0.3 is 10.1 Å². The van der Waals surface area contributed by atoms with Crippen LogP contribution in [0, 0.1) is 0 Å². The van der Waals surface area contributed by atoms with E-state index in [9.17, 15) is 8.42 Å². The Labute approximate surface area is 61.8 Å². The molecule has 0 spiro atoms. The van der Waals surface area contributed by atoms with Crippen LogP contribution in [0.3, 0.4) is 0 Å². The third kappa shape index (κ3) is 2.39. The molecule has 0 aliphatic carbocycles. The second kappa shape index (κ2) is 3.61. The Kier molecular flexibility index (Phi) is 3.42. The fourth-order valence-corrected chi connectivity index (χ4v) is 1.18. The molecule has 0 heterocycles. The molecule has 0 rings (SSSR count). The van der Waals surface area contributed by atoms with Crippen molar-refractivity contribution < 1.29 is 12.6 Å². The molecule has 4 heteroatoms. The molecule has 3 nitrogen and oxygen atoms in total. The zero-order valence-electron chi connectivity index (χ0n) is 6.20. The van der Waals surface area contributed by atoms with Crippen molar-refractivity contribution in [2.45, 2.75) is 25.5 Å². The molecule has 0 saturated carbocycles. The van der Waals surface area contributed by atoms with Gasteiger partial charge in [0.25, 0.3) is 0 Å². The molecule has 1 atom stereocenters. The highest BCUT2D eigenvalue weighted by molar-refractivity contribution is 7.87. The predicted octanol–water partition coefficient (Wildman–Crippen LogP) is 1.27. The molecule has 0 aliphatic heterocycles. The normalized spacial score (nSPS) is 14.2. The second-order valence-electron chi connectivity index (χ2n) is 1.97. The molecule has 0 aromatic rings. The average Bonchev–Trinajstić information content (AvgIpc) is 1.86. The first kappa shape index (κ1) is 9.49. The van der Waals surface area contributed by atoms with Crippen molar-refractivity contribution in [3.63, 3.8) is 0 Å². The standard InChI is InChI=1S/C6H12O3S/c1-4-6(3)10(7,8)9-5-2/h5-6H,2,4H2,1,3H3. The van der Waals surface area contributed by atoms with Crippen LogP contribution in [0.15, 0.2) is 12.8 Å². The first-order chi connectivity index (χ1) is 4.54. The van der Waals surface area contributed by atoms with Crippen molar-refractivity contribution in [1.82, 2.24) is 0 Å². The summed E-state index contributed by atoms with van der Waals surface area (Å²) >= 11 is 0. The summed E-state index contributed by atoms with van der Waals surface area (Å²) in [5, 5.41) is -0.453. The van der Waals surface area contributed by atoms with Crippen molar-refractivity contribution in [2.75, 3.05) is 0 Å². The summed E-state index contributed by atoms with van der Waals surface area (Å²) in [6.45, 7) is 6.54. The van der Waals surface area contributed by atoms with Gasteiger partial charge in [-0.15, -0.1) is 0 Å². The maximum atomic E-state index is 10.9. The maximum Gasteiger partial charge on any atom is 0.311 e. The third-order valence-electron chi connectivity index (χ3n) is 1.27. The van der Waals surface area contributed by atoms with E-state index < -0.39 is 15.4 Å². The fraction of sp³-hybridized carbons (Fsp3) is 0.667. The predicted molar refractivity (Wildman–Crippen MR) is 40.0 cm³/mol. The minimum atomic E-state index is -3.38. The van der Waals surface area contributed by atoms with Gasteiger partial charge in [0.2, 0.25) is 0 Å². The topological polar surface area (TPSA) is 43.4 Å². The van der Waals surface area contributed by atoms with Gasteiger partial charge in [0.15, 0.2) is 0 Å². The van der Waals surface area contributed by atoms with E-state index in [2.05, 4.69) is 10.8 Å². The number of hydrogen-bond donors (Lipinski definition) is 0. The van der Waals surface area contributed by atoms with Crippen LogP contribution in [0.5, 0.6) is 0 Å². The molecule has 1 unspecified atom stereocenters. The molecule has 0 aromatic carbocycles. The maximum absolute atomic E-state index is 10.9. The Morgan fingerprint density at radius 2 is 2.20 bits per heavy atom. The molecule has 0 aromatic heterocycles. The van der Waals surface area contributed by atoms with E-state index >= 15 is 0 Å². The Morgan fingerprint density at radius 3 is 2.50 bits per heavy atom. The van der Waals surface area contributed by atoms with Gasteiger partial charge in [-0.1, -0.05) is 13.5 Å². The molecule has 60 valence electrons. The minimum absolute atomic E-state index is 0.453. The van der Waals surface area contributed by atoms with Gasteiger partial charge in [-0.05, 0) is 13.3 Å². The van der Waals surface area contributed by atoms with E-state index in [1.807, 2.05) is 0 Å². The Morgan fingerprint density at radius 1 is 1.70 bits per heavy atom. The SMILES string of the molecule is C=COS(=O)(=O)C(C)CC. The second-order valence-corrected chi connectivity index (χ2v) is 3.96. The van der Waals surface area contributed by atoms with E-state index in [1.54, 1.807) is 13.8 Å². The summed E-state index contributed by atoms with van der Waals surface area (Å²) in [7, 11) is -3.38. The highest BCUT2D eigenvalue weighted by Crippen LogP contribution is 2.06. The summed E-state index contributed by atoms with van der Waals surface area (Å²) in [5.74, 6) is 0. The lowest BCUT2D eigenvalue weighted by Gasteiger charge is -2.07. The average molecular weight is 164 g/mol. The Hall–Kier alpha value is -0.510. The Balaban J connectivity index is 4.25. The van der Waals surface area contributed by atoms with Crippen molar-refractivity contribution in [2.24, 2.45) is 0 Å². The molecule has 0 aliphatic rings. The van der Waals surface area contributed by atoms with Crippen LogP contribution in [-0.2, 0) is 14.3 Å². The molecule has 0 amide bonds.